The second kappa shape index (κ2) is 5.69. The van der Waals surface area contributed by atoms with E-state index in [1.54, 1.807) is 13.0 Å². The number of aromatic nitrogens is 3. The van der Waals surface area contributed by atoms with Gasteiger partial charge in [0.1, 0.15) is 15.5 Å². The van der Waals surface area contributed by atoms with Crippen LogP contribution in [0.15, 0.2) is 18.2 Å². The zero-order valence-corrected chi connectivity index (χ0v) is 11.9. The van der Waals surface area contributed by atoms with Crippen molar-refractivity contribution in [3.63, 3.8) is 0 Å². The van der Waals surface area contributed by atoms with Gasteiger partial charge in [0.05, 0.1) is 0 Å². The third kappa shape index (κ3) is 3.76. The van der Waals surface area contributed by atoms with Crippen LogP contribution in [0.1, 0.15) is 16.1 Å². The summed E-state index contributed by atoms with van der Waals surface area (Å²) in [6.45, 7) is 1.74. The largest absolute Gasteiger partial charge is 0.290 e. The average Bonchev–Trinajstić information content (AvgIpc) is 2.25. The van der Waals surface area contributed by atoms with Crippen molar-refractivity contribution in [3.05, 3.63) is 44.9 Å². The molecule has 0 radical (unpaired) electrons. The molecule has 0 bridgehead atoms. The van der Waals surface area contributed by atoms with Gasteiger partial charge in [0, 0.05) is 11.3 Å². The summed E-state index contributed by atoms with van der Waals surface area (Å²) in [6.07, 6.45) is 0. The molecule has 0 atom stereocenters. The standard InChI is InChI=1S/C11H7Cl3N4O/c1-5-2-7(12)17-11(15-5)18-10(19)6-3-8(13)16-9(14)4-6/h2-4H,1H3,(H,15,17,18,19). The van der Waals surface area contributed by atoms with Crippen molar-refractivity contribution >= 4 is 46.7 Å². The highest BCUT2D eigenvalue weighted by Gasteiger charge is 2.11. The Bertz CT molecular complexity index is 607. The van der Waals surface area contributed by atoms with Crippen molar-refractivity contribution in [3.8, 4) is 0 Å². The number of carbonyl (C=O) groups excluding carboxylic acids is 1. The molecule has 2 heterocycles. The third-order valence-electron chi connectivity index (χ3n) is 2.07. The van der Waals surface area contributed by atoms with Crippen LogP contribution in [0.4, 0.5) is 5.95 Å². The number of hydrogen-bond acceptors (Lipinski definition) is 4. The minimum Gasteiger partial charge on any atom is -0.290 e. The van der Waals surface area contributed by atoms with Gasteiger partial charge in [0.15, 0.2) is 0 Å². The Morgan fingerprint density at radius 2 is 1.58 bits per heavy atom. The highest BCUT2D eigenvalue weighted by molar-refractivity contribution is 6.33. The molecule has 19 heavy (non-hydrogen) atoms. The van der Waals surface area contributed by atoms with Crippen LogP contribution < -0.4 is 5.32 Å². The first kappa shape index (κ1) is 14.0. The zero-order chi connectivity index (χ0) is 14.0. The van der Waals surface area contributed by atoms with Gasteiger partial charge in [-0.1, -0.05) is 34.8 Å². The Kier molecular flexibility index (Phi) is 4.19. The summed E-state index contributed by atoms with van der Waals surface area (Å²) < 4.78 is 0. The van der Waals surface area contributed by atoms with E-state index in [-0.39, 0.29) is 27.0 Å². The highest BCUT2D eigenvalue weighted by Crippen LogP contribution is 2.16. The van der Waals surface area contributed by atoms with E-state index < -0.39 is 5.91 Å². The van der Waals surface area contributed by atoms with Gasteiger partial charge < -0.3 is 0 Å². The first-order chi connectivity index (χ1) is 8.94. The zero-order valence-electron chi connectivity index (χ0n) is 9.62. The van der Waals surface area contributed by atoms with Crippen molar-refractivity contribution in [1.82, 2.24) is 15.0 Å². The van der Waals surface area contributed by atoms with Crippen molar-refractivity contribution in [2.45, 2.75) is 6.92 Å². The average molecular weight is 318 g/mol. The minimum absolute atomic E-state index is 0.110. The van der Waals surface area contributed by atoms with Gasteiger partial charge in [-0.2, -0.15) is 0 Å². The van der Waals surface area contributed by atoms with Crippen LogP contribution >= 0.6 is 34.8 Å². The fourth-order valence-electron chi connectivity index (χ4n) is 1.36. The molecular weight excluding hydrogens is 311 g/mol. The lowest BCUT2D eigenvalue weighted by Gasteiger charge is -2.05. The number of nitrogens with one attached hydrogen (secondary N) is 1. The van der Waals surface area contributed by atoms with Gasteiger partial charge in [-0.3, -0.25) is 10.1 Å². The summed E-state index contributed by atoms with van der Waals surface area (Å²) in [5.74, 6) is -0.341. The van der Waals surface area contributed by atoms with Crippen LogP contribution in [0, 0.1) is 6.92 Å². The van der Waals surface area contributed by atoms with Crippen LogP contribution in [-0.2, 0) is 0 Å². The van der Waals surface area contributed by atoms with E-state index in [0.717, 1.165) is 0 Å². The van der Waals surface area contributed by atoms with Crippen molar-refractivity contribution in [2.24, 2.45) is 0 Å². The molecule has 0 saturated carbocycles. The molecule has 0 aliphatic rings. The monoisotopic (exact) mass is 316 g/mol. The Hall–Kier alpha value is -1.43. The quantitative estimate of drug-likeness (QED) is 0.681. The van der Waals surface area contributed by atoms with E-state index in [1.807, 2.05) is 0 Å². The number of amides is 1. The molecule has 0 saturated heterocycles. The number of aryl methyl sites for hydroxylation is 1. The fourth-order valence-corrected chi connectivity index (χ4v) is 2.05. The highest BCUT2D eigenvalue weighted by atomic mass is 35.5. The van der Waals surface area contributed by atoms with Gasteiger partial charge in [0.25, 0.3) is 5.91 Å². The molecule has 0 aliphatic heterocycles. The fraction of sp³-hybridized carbons (Fsp3) is 0.0909. The Morgan fingerprint density at radius 1 is 1.00 bits per heavy atom. The van der Waals surface area contributed by atoms with Gasteiger partial charge in [-0.25, -0.2) is 15.0 Å². The first-order valence-electron chi connectivity index (χ1n) is 5.09. The summed E-state index contributed by atoms with van der Waals surface area (Å²) >= 11 is 17.2. The molecule has 1 N–H and O–H groups in total. The van der Waals surface area contributed by atoms with Crippen LogP contribution in [0.25, 0.3) is 0 Å². The second-order valence-corrected chi connectivity index (χ2v) is 4.77. The second-order valence-electron chi connectivity index (χ2n) is 3.61. The van der Waals surface area contributed by atoms with Crippen LogP contribution in [0.3, 0.4) is 0 Å². The number of pyridine rings is 1. The Morgan fingerprint density at radius 3 is 2.16 bits per heavy atom. The minimum atomic E-state index is -0.451. The lowest BCUT2D eigenvalue weighted by Crippen LogP contribution is -2.14. The summed E-state index contributed by atoms with van der Waals surface area (Å²) in [5, 5.41) is 3.00. The maximum absolute atomic E-state index is 12.0. The number of nitrogens with zero attached hydrogens (tertiary/aromatic N) is 3. The maximum atomic E-state index is 12.0. The third-order valence-corrected chi connectivity index (χ3v) is 2.65. The molecule has 8 heteroatoms. The first-order valence-corrected chi connectivity index (χ1v) is 6.23. The lowest BCUT2D eigenvalue weighted by atomic mass is 10.2. The summed E-state index contributed by atoms with van der Waals surface area (Å²) in [4.78, 5) is 23.6. The van der Waals surface area contributed by atoms with Crippen LogP contribution in [-0.4, -0.2) is 20.9 Å². The van der Waals surface area contributed by atoms with Crippen LogP contribution in [0.5, 0.6) is 0 Å². The predicted molar refractivity (Wildman–Crippen MR) is 74.0 cm³/mol. The Labute approximate surface area is 123 Å². The molecule has 0 aromatic carbocycles. The summed E-state index contributed by atoms with van der Waals surface area (Å²) in [6, 6.07) is 4.36. The molecule has 98 valence electrons. The van der Waals surface area contributed by atoms with Crippen molar-refractivity contribution in [1.29, 1.82) is 0 Å². The maximum Gasteiger partial charge on any atom is 0.258 e. The molecule has 0 unspecified atom stereocenters. The smallest absolute Gasteiger partial charge is 0.258 e. The van der Waals surface area contributed by atoms with E-state index in [1.165, 1.54) is 12.1 Å². The van der Waals surface area contributed by atoms with Gasteiger partial charge in [-0.15, -0.1) is 0 Å². The van der Waals surface area contributed by atoms with Gasteiger partial charge in [0.2, 0.25) is 5.95 Å². The van der Waals surface area contributed by atoms with Crippen LogP contribution in [0.2, 0.25) is 15.5 Å². The molecule has 2 aromatic rings. The van der Waals surface area contributed by atoms with Crippen molar-refractivity contribution in [2.75, 3.05) is 5.32 Å². The lowest BCUT2D eigenvalue weighted by molar-refractivity contribution is 0.102. The van der Waals surface area contributed by atoms with Gasteiger partial charge in [-0.05, 0) is 25.1 Å². The molecule has 0 spiro atoms. The van der Waals surface area contributed by atoms with Crippen molar-refractivity contribution < 1.29 is 4.79 Å². The number of carbonyl (C=O) groups is 1. The number of halogens is 3. The SMILES string of the molecule is Cc1cc(Cl)nc(NC(=O)c2cc(Cl)nc(Cl)c2)n1. The molecule has 0 aliphatic carbocycles. The normalized spacial score (nSPS) is 10.3. The molecule has 0 fully saturated rings. The number of hydrogen-bond donors (Lipinski definition) is 1. The summed E-state index contributed by atoms with van der Waals surface area (Å²) in [7, 11) is 0. The van der Waals surface area contributed by atoms with Gasteiger partial charge >= 0.3 is 0 Å². The molecular formula is C11H7Cl3N4O. The van der Waals surface area contributed by atoms with E-state index in [9.17, 15) is 4.79 Å². The Balaban J connectivity index is 2.25. The molecule has 5 nitrogen and oxygen atoms in total. The predicted octanol–water partition coefficient (Wildman–Crippen LogP) is 3.39. The van der Waals surface area contributed by atoms with E-state index in [4.69, 9.17) is 34.8 Å². The molecule has 2 rings (SSSR count). The van der Waals surface area contributed by atoms with E-state index in [0.29, 0.717) is 5.69 Å². The topological polar surface area (TPSA) is 67.8 Å². The molecule has 2 aromatic heterocycles. The van der Waals surface area contributed by atoms with E-state index >= 15 is 0 Å². The number of rotatable bonds is 2. The molecule has 1 amide bonds. The summed E-state index contributed by atoms with van der Waals surface area (Å²) in [5.41, 5.74) is 0.896. The number of anilines is 1. The van der Waals surface area contributed by atoms with E-state index in [2.05, 4.69) is 20.3 Å².